The summed E-state index contributed by atoms with van der Waals surface area (Å²) in [4.78, 5) is 23.5. The average Bonchev–Trinajstić information content (AvgIpc) is 2.58. The molecule has 0 heterocycles. The van der Waals surface area contributed by atoms with E-state index in [4.69, 9.17) is 4.74 Å². The predicted molar refractivity (Wildman–Crippen MR) is 91.1 cm³/mol. The molecule has 0 radical (unpaired) electrons. The quantitative estimate of drug-likeness (QED) is 0.643. The standard InChI is InChI=1S/C19H18FNO3/c1-2-12-24-19(23)15-7-9-17(10-8-15)21-18(22)11-6-14-4-3-5-16(20)13-14/h3-11,13H,2,12H2,1H3,(H,21,22)/b11-6+. The van der Waals surface area contributed by atoms with Gasteiger partial charge in [0.25, 0.3) is 0 Å². The van der Waals surface area contributed by atoms with Crippen LogP contribution in [0.15, 0.2) is 54.6 Å². The monoisotopic (exact) mass is 327 g/mol. The second-order valence-electron chi connectivity index (χ2n) is 5.09. The summed E-state index contributed by atoms with van der Waals surface area (Å²) in [6.07, 6.45) is 3.60. The van der Waals surface area contributed by atoms with Crippen LogP contribution in [-0.2, 0) is 9.53 Å². The number of carbonyl (C=O) groups is 2. The first-order valence-corrected chi connectivity index (χ1v) is 7.60. The van der Waals surface area contributed by atoms with E-state index in [1.165, 1.54) is 24.3 Å². The fourth-order valence-corrected chi connectivity index (χ4v) is 1.93. The molecule has 0 aliphatic carbocycles. The van der Waals surface area contributed by atoms with E-state index in [-0.39, 0.29) is 17.7 Å². The Balaban J connectivity index is 1.93. The molecule has 0 fully saturated rings. The fourth-order valence-electron chi connectivity index (χ4n) is 1.93. The Morgan fingerprint density at radius 2 is 1.92 bits per heavy atom. The number of halogens is 1. The van der Waals surface area contributed by atoms with Gasteiger partial charge in [0.15, 0.2) is 0 Å². The largest absolute Gasteiger partial charge is 0.462 e. The highest BCUT2D eigenvalue weighted by Gasteiger charge is 2.06. The van der Waals surface area contributed by atoms with Crippen LogP contribution in [0.25, 0.3) is 6.08 Å². The molecule has 24 heavy (non-hydrogen) atoms. The molecule has 0 aromatic heterocycles. The Labute approximate surface area is 140 Å². The minimum Gasteiger partial charge on any atom is -0.462 e. The number of benzene rings is 2. The van der Waals surface area contributed by atoms with Crippen molar-refractivity contribution in [1.29, 1.82) is 0 Å². The molecule has 0 saturated carbocycles. The minimum atomic E-state index is -0.388. The van der Waals surface area contributed by atoms with Crippen LogP contribution >= 0.6 is 0 Å². The highest BCUT2D eigenvalue weighted by molar-refractivity contribution is 6.02. The molecule has 0 bridgehead atoms. The van der Waals surface area contributed by atoms with Crippen molar-refractivity contribution in [3.05, 3.63) is 71.6 Å². The summed E-state index contributed by atoms with van der Waals surface area (Å²) in [6.45, 7) is 2.30. The molecule has 2 rings (SSSR count). The lowest BCUT2D eigenvalue weighted by Gasteiger charge is -2.05. The van der Waals surface area contributed by atoms with E-state index >= 15 is 0 Å². The third-order valence-electron chi connectivity index (χ3n) is 3.10. The lowest BCUT2D eigenvalue weighted by molar-refractivity contribution is -0.111. The van der Waals surface area contributed by atoms with Gasteiger partial charge in [-0.25, -0.2) is 9.18 Å². The van der Waals surface area contributed by atoms with Gasteiger partial charge in [-0.2, -0.15) is 0 Å². The Morgan fingerprint density at radius 1 is 1.17 bits per heavy atom. The summed E-state index contributed by atoms with van der Waals surface area (Å²) >= 11 is 0. The summed E-state index contributed by atoms with van der Waals surface area (Å²) in [5.74, 6) is -1.09. The summed E-state index contributed by atoms with van der Waals surface area (Å²) in [7, 11) is 0. The van der Waals surface area contributed by atoms with Gasteiger partial charge in [-0.1, -0.05) is 19.1 Å². The maximum Gasteiger partial charge on any atom is 0.338 e. The van der Waals surface area contributed by atoms with Gasteiger partial charge < -0.3 is 10.1 Å². The van der Waals surface area contributed by atoms with Crippen molar-refractivity contribution in [1.82, 2.24) is 0 Å². The Morgan fingerprint density at radius 3 is 2.58 bits per heavy atom. The molecule has 1 amide bonds. The molecule has 2 aromatic rings. The molecule has 1 N–H and O–H groups in total. The first-order chi connectivity index (χ1) is 11.6. The van der Waals surface area contributed by atoms with Crippen molar-refractivity contribution in [3.63, 3.8) is 0 Å². The van der Waals surface area contributed by atoms with E-state index in [0.29, 0.717) is 23.4 Å². The smallest absolute Gasteiger partial charge is 0.338 e. The lowest BCUT2D eigenvalue weighted by atomic mass is 10.2. The van der Waals surface area contributed by atoms with Gasteiger partial charge in [-0.15, -0.1) is 0 Å². The lowest BCUT2D eigenvalue weighted by Crippen LogP contribution is -2.09. The number of carbonyl (C=O) groups excluding carboxylic acids is 2. The molecule has 2 aromatic carbocycles. The molecule has 0 spiro atoms. The van der Waals surface area contributed by atoms with Crippen LogP contribution in [0, 0.1) is 5.82 Å². The number of ether oxygens (including phenoxy) is 1. The molecular formula is C19H18FNO3. The zero-order valence-corrected chi connectivity index (χ0v) is 13.3. The molecule has 0 saturated heterocycles. The molecular weight excluding hydrogens is 309 g/mol. The van der Waals surface area contributed by atoms with Crippen molar-refractivity contribution in [2.45, 2.75) is 13.3 Å². The molecule has 0 aliphatic heterocycles. The summed E-state index contributed by atoms with van der Waals surface area (Å²) in [6, 6.07) is 12.4. The highest BCUT2D eigenvalue weighted by atomic mass is 19.1. The zero-order chi connectivity index (χ0) is 17.4. The second kappa shape index (κ2) is 8.62. The Hall–Kier alpha value is -2.95. The zero-order valence-electron chi connectivity index (χ0n) is 13.3. The molecule has 124 valence electrons. The van der Waals surface area contributed by atoms with E-state index < -0.39 is 0 Å². The van der Waals surface area contributed by atoms with Gasteiger partial charge in [-0.3, -0.25) is 4.79 Å². The van der Waals surface area contributed by atoms with E-state index in [0.717, 1.165) is 6.42 Å². The van der Waals surface area contributed by atoms with Crippen molar-refractivity contribution in [2.24, 2.45) is 0 Å². The van der Waals surface area contributed by atoms with E-state index in [2.05, 4.69) is 5.32 Å². The molecule has 5 heteroatoms. The number of nitrogens with one attached hydrogen (secondary N) is 1. The SMILES string of the molecule is CCCOC(=O)c1ccc(NC(=O)/C=C/c2cccc(F)c2)cc1. The van der Waals surface area contributed by atoms with Crippen LogP contribution in [0.1, 0.15) is 29.3 Å². The van der Waals surface area contributed by atoms with Gasteiger partial charge in [0.1, 0.15) is 5.82 Å². The van der Waals surface area contributed by atoms with Gasteiger partial charge in [0.2, 0.25) is 5.91 Å². The summed E-state index contributed by atoms with van der Waals surface area (Å²) < 4.78 is 18.1. The van der Waals surface area contributed by atoms with Crippen LogP contribution in [0.3, 0.4) is 0 Å². The minimum absolute atomic E-state index is 0.347. The third kappa shape index (κ3) is 5.35. The van der Waals surface area contributed by atoms with Gasteiger partial charge in [-0.05, 0) is 54.5 Å². The van der Waals surface area contributed by atoms with Crippen molar-refractivity contribution in [2.75, 3.05) is 11.9 Å². The van der Waals surface area contributed by atoms with E-state index in [9.17, 15) is 14.0 Å². The Kier molecular flexibility index (Phi) is 6.25. The number of rotatable bonds is 6. The van der Waals surface area contributed by atoms with Crippen molar-refractivity contribution in [3.8, 4) is 0 Å². The average molecular weight is 327 g/mol. The number of anilines is 1. The normalized spacial score (nSPS) is 10.6. The molecule has 0 atom stereocenters. The van der Waals surface area contributed by atoms with E-state index in [1.54, 1.807) is 36.4 Å². The second-order valence-corrected chi connectivity index (χ2v) is 5.09. The molecule has 0 unspecified atom stereocenters. The first-order valence-electron chi connectivity index (χ1n) is 7.60. The number of hydrogen-bond acceptors (Lipinski definition) is 3. The van der Waals surface area contributed by atoms with Crippen LogP contribution in [0.2, 0.25) is 0 Å². The van der Waals surface area contributed by atoms with Gasteiger partial charge in [0.05, 0.1) is 12.2 Å². The fraction of sp³-hybridized carbons (Fsp3) is 0.158. The maximum absolute atomic E-state index is 13.0. The van der Waals surface area contributed by atoms with Crippen molar-refractivity contribution < 1.29 is 18.7 Å². The first kappa shape index (κ1) is 17.4. The van der Waals surface area contributed by atoms with Crippen LogP contribution in [-0.4, -0.2) is 18.5 Å². The van der Waals surface area contributed by atoms with Crippen molar-refractivity contribution >= 4 is 23.6 Å². The highest BCUT2D eigenvalue weighted by Crippen LogP contribution is 2.11. The topological polar surface area (TPSA) is 55.4 Å². The van der Waals surface area contributed by atoms with Crippen LogP contribution < -0.4 is 5.32 Å². The molecule has 4 nitrogen and oxygen atoms in total. The Bertz CT molecular complexity index is 739. The third-order valence-corrected chi connectivity index (χ3v) is 3.10. The number of hydrogen-bond donors (Lipinski definition) is 1. The van der Waals surface area contributed by atoms with Gasteiger partial charge >= 0.3 is 5.97 Å². The number of esters is 1. The van der Waals surface area contributed by atoms with Crippen LogP contribution in [0.5, 0.6) is 0 Å². The van der Waals surface area contributed by atoms with Crippen LogP contribution in [0.4, 0.5) is 10.1 Å². The van der Waals surface area contributed by atoms with E-state index in [1.807, 2.05) is 6.92 Å². The summed E-state index contributed by atoms with van der Waals surface area (Å²) in [5, 5.41) is 2.66. The summed E-state index contributed by atoms with van der Waals surface area (Å²) in [5.41, 5.74) is 1.58. The maximum atomic E-state index is 13.0. The number of amides is 1. The predicted octanol–water partition coefficient (Wildman–Crippen LogP) is 4.04. The molecule has 0 aliphatic rings. The van der Waals surface area contributed by atoms with Gasteiger partial charge in [0, 0.05) is 11.8 Å².